The van der Waals surface area contributed by atoms with Gasteiger partial charge in [0.25, 0.3) is 5.69 Å². The summed E-state index contributed by atoms with van der Waals surface area (Å²) in [5.74, 6) is 1.26. The molecule has 0 spiro atoms. The van der Waals surface area contributed by atoms with Gasteiger partial charge in [0, 0.05) is 17.5 Å². The van der Waals surface area contributed by atoms with Crippen LogP contribution in [0.15, 0.2) is 74.7 Å². The molecule has 0 atom stereocenters. The number of halogens is 1. The topological polar surface area (TPSA) is 125 Å². The van der Waals surface area contributed by atoms with Gasteiger partial charge in [-0.05, 0) is 89.4 Å². The first-order valence-corrected chi connectivity index (χ1v) is 12.5. The van der Waals surface area contributed by atoms with E-state index in [2.05, 4.69) is 26.5 Å². The Bertz CT molecular complexity index is 1480. The molecule has 0 fully saturated rings. The molecule has 1 N–H and O–H groups in total. The molecule has 0 saturated heterocycles. The molecule has 196 valence electrons. The van der Waals surface area contributed by atoms with E-state index in [1.54, 1.807) is 48.5 Å². The van der Waals surface area contributed by atoms with Crippen LogP contribution in [0.1, 0.15) is 35.5 Å². The molecule has 0 radical (unpaired) electrons. The van der Waals surface area contributed by atoms with Crippen molar-refractivity contribution < 1.29 is 28.3 Å². The quantitative estimate of drug-likeness (QED) is 0.126. The van der Waals surface area contributed by atoms with Crippen LogP contribution in [-0.4, -0.2) is 30.3 Å². The number of non-ortho nitro benzene ring substituents is 1. The van der Waals surface area contributed by atoms with Crippen LogP contribution in [0.25, 0.3) is 11.0 Å². The van der Waals surface area contributed by atoms with Gasteiger partial charge in [-0.25, -0.2) is 5.43 Å². The molecule has 4 aromatic rings. The summed E-state index contributed by atoms with van der Waals surface area (Å²) in [7, 11) is 0. The number of rotatable bonds is 11. The van der Waals surface area contributed by atoms with Gasteiger partial charge in [0.15, 0.2) is 17.3 Å². The van der Waals surface area contributed by atoms with Gasteiger partial charge >= 0.3 is 5.91 Å². The van der Waals surface area contributed by atoms with E-state index in [-0.39, 0.29) is 18.1 Å². The van der Waals surface area contributed by atoms with E-state index in [4.69, 9.17) is 18.6 Å². The number of nitro groups is 1. The number of benzene rings is 3. The predicted molar refractivity (Wildman–Crippen MR) is 145 cm³/mol. The van der Waals surface area contributed by atoms with Crippen LogP contribution in [0.3, 0.4) is 0 Å². The second-order valence-electron chi connectivity index (χ2n) is 7.92. The molecule has 0 aliphatic heterocycles. The number of hydrazone groups is 1. The maximum Gasteiger partial charge on any atom is 0.307 e. The van der Waals surface area contributed by atoms with Gasteiger partial charge in [-0.15, -0.1) is 0 Å². The number of nitrogens with zero attached hydrogens (tertiary/aromatic N) is 2. The minimum Gasteiger partial charge on any atom is -0.494 e. The molecule has 0 unspecified atom stereocenters. The predicted octanol–water partition coefficient (Wildman–Crippen LogP) is 6.24. The van der Waals surface area contributed by atoms with Gasteiger partial charge in [0.1, 0.15) is 17.9 Å². The lowest BCUT2D eigenvalue weighted by Crippen LogP contribution is -2.16. The van der Waals surface area contributed by atoms with Crippen LogP contribution < -0.4 is 19.6 Å². The van der Waals surface area contributed by atoms with Gasteiger partial charge in [0.05, 0.1) is 28.8 Å². The number of ether oxygens (including phenoxy) is 3. The number of fused-ring (bicyclic) bond motifs is 1. The number of amides is 1. The monoisotopic (exact) mass is 581 g/mol. The molecule has 10 nitrogen and oxygen atoms in total. The third-order valence-corrected chi connectivity index (χ3v) is 5.85. The molecule has 38 heavy (non-hydrogen) atoms. The minimum atomic E-state index is -0.498. The van der Waals surface area contributed by atoms with E-state index in [9.17, 15) is 14.9 Å². The summed E-state index contributed by atoms with van der Waals surface area (Å²) < 4.78 is 23.4. The fourth-order valence-corrected chi connectivity index (χ4v) is 4.12. The molecule has 1 heterocycles. The van der Waals surface area contributed by atoms with Crippen molar-refractivity contribution in [2.45, 2.75) is 20.5 Å². The summed E-state index contributed by atoms with van der Waals surface area (Å²) in [4.78, 5) is 22.9. The SMILES string of the molecule is CCOc1ccc2oc(C(=O)N/N=C/c3cc(Br)c(OCc4ccc([N+](=O)[O-])cc4)c(OCC)c3)cc2c1. The normalized spacial score (nSPS) is 11.0. The first-order chi connectivity index (χ1) is 18.4. The van der Waals surface area contributed by atoms with E-state index in [1.807, 2.05) is 13.8 Å². The van der Waals surface area contributed by atoms with Crippen LogP contribution in [0.5, 0.6) is 17.2 Å². The minimum absolute atomic E-state index is 0.0108. The average Bonchev–Trinajstić information content (AvgIpc) is 3.32. The number of carbonyl (C=O) groups excluding carboxylic acids is 1. The van der Waals surface area contributed by atoms with Crippen molar-refractivity contribution in [2.75, 3.05) is 13.2 Å². The van der Waals surface area contributed by atoms with E-state index < -0.39 is 10.8 Å². The largest absolute Gasteiger partial charge is 0.494 e. The molecule has 4 rings (SSSR count). The highest BCUT2D eigenvalue weighted by Crippen LogP contribution is 2.37. The van der Waals surface area contributed by atoms with Crippen LogP contribution in [0.2, 0.25) is 0 Å². The fourth-order valence-electron chi connectivity index (χ4n) is 3.55. The number of carbonyl (C=O) groups is 1. The van der Waals surface area contributed by atoms with Gasteiger partial charge in [0.2, 0.25) is 0 Å². The van der Waals surface area contributed by atoms with Crippen LogP contribution in [0.4, 0.5) is 5.69 Å². The Morgan fingerprint density at radius 1 is 1.05 bits per heavy atom. The number of nitro benzene ring substituents is 1. The van der Waals surface area contributed by atoms with Crippen molar-refractivity contribution in [1.82, 2.24) is 5.43 Å². The first-order valence-electron chi connectivity index (χ1n) is 11.7. The number of hydrogen-bond donors (Lipinski definition) is 1. The van der Waals surface area contributed by atoms with Crippen molar-refractivity contribution in [3.05, 3.63) is 92.1 Å². The Morgan fingerprint density at radius 3 is 2.53 bits per heavy atom. The van der Waals surface area contributed by atoms with Crippen LogP contribution in [0, 0.1) is 10.1 Å². The Labute approximate surface area is 226 Å². The molecule has 3 aromatic carbocycles. The maximum absolute atomic E-state index is 12.5. The molecule has 1 amide bonds. The molecule has 11 heteroatoms. The number of nitrogens with one attached hydrogen (secondary N) is 1. The van der Waals surface area contributed by atoms with E-state index >= 15 is 0 Å². The first kappa shape index (κ1) is 26.7. The molecular weight excluding hydrogens is 558 g/mol. The van der Waals surface area contributed by atoms with E-state index in [0.717, 1.165) is 10.9 Å². The highest BCUT2D eigenvalue weighted by atomic mass is 79.9. The fraction of sp³-hybridized carbons (Fsp3) is 0.185. The third kappa shape index (κ3) is 6.48. The smallest absolute Gasteiger partial charge is 0.307 e. The zero-order chi connectivity index (χ0) is 27.1. The lowest BCUT2D eigenvalue weighted by Gasteiger charge is -2.14. The summed E-state index contributed by atoms with van der Waals surface area (Å²) in [5.41, 5.74) is 4.45. The summed E-state index contributed by atoms with van der Waals surface area (Å²) in [6, 6.07) is 16.6. The molecule has 0 aliphatic rings. The van der Waals surface area contributed by atoms with Crippen molar-refractivity contribution in [3.63, 3.8) is 0 Å². The highest BCUT2D eigenvalue weighted by Gasteiger charge is 2.14. The summed E-state index contributed by atoms with van der Waals surface area (Å²) in [6.07, 6.45) is 1.47. The second kappa shape index (κ2) is 12.2. The Kier molecular flexibility index (Phi) is 8.59. The number of hydrogen-bond acceptors (Lipinski definition) is 8. The second-order valence-corrected chi connectivity index (χ2v) is 8.77. The zero-order valence-corrected chi connectivity index (χ0v) is 22.2. The van der Waals surface area contributed by atoms with E-state index in [0.29, 0.717) is 46.1 Å². The Balaban J connectivity index is 1.44. The summed E-state index contributed by atoms with van der Waals surface area (Å²) in [5, 5.41) is 15.6. The third-order valence-electron chi connectivity index (χ3n) is 5.26. The van der Waals surface area contributed by atoms with E-state index in [1.165, 1.54) is 18.3 Å². The lowest BCUT2D eigenvalue weighted by molar-refractivity contribution is -0.384. The van der Waals surface area contributed by atoms with Crippen LogP contribution in [-0.2, 0) is 6.61 Å². The van der Waals surface area contributed by atoms with Gasteiger partial charge in [-0.1, -0.05) is 0 Å². The van der Waals surface area contributed by atoms with Gasteiger partial charge < -0.3 is 18.6 Å². The zero-order valence-electron chi connectivity index (χ0n) is 20.6. The summed E-state index contributed by atoms with van der Waals surface area (Å²) >= 11 is 3.50. The summed E-state index contributed by atoms with van der Waals surface area (Å²) in [6.45, 7) is 4.87. The Morgan fingerprint density at radius 2 is 1.82 bits per heavy atom. The van der Waals surface area contributed by atoms with Crippen molar-refractivity contribution in [3.8, 4) is 17.2 Å². The highest BCUT2D eigenvalue weighted by molar-refractivity contribution is 9.10. The maximum atomic E-state index is 12.5. The number of furan rings is 1. The van der Waals surface area contributed by atoms with Crippen molar-refractivity contribution in [2.24, 2.45) is 5.10 Å². The standard InChI is InChI=1S/C27H24BrN3O7/c1-3-35-21-9-10-23-19(13-21)14-25(38-23)27(32)30-29-15-18-11-22(28)26(24(12-18)36-4-2)37-16-17-5-7-20(8-6-17)31(33)34/h5-15H,3-4,16H2,1-2H3,(H,30,32)/b29-15+. The molecule has 0 saturated carbocycles. The molecule has 0 aliphatic carbocycles. The molecule has 1 aromatic heterocycles. The van der Waals surface area contributed by atoms with Crippen LogP contribution >= 0.6 is 15.9 Å². The average molecular weight is 582 g/mol. The Hall–Kier alpha value is -4.38. The lowest BCUT2D eigenvalue weighted by atomic mass is 10.2. The molecule has 0 bridgehead atoms. The van der Waals surface area contributed by atoms with Crippen molar-refractivity contribution >= 4 is 44.7 Å². The van der Waals surface area contributed by atoms with Crippen molar-refractivity contribution in [1.29, 1.82) is 0 Å². The molecular formula is C27H24BrN3O7. The van der Waals surface area contributed by atoms with Gasteiger partial charge in [-0.3, -0.25) is 14.9 Å². The van der Waals surface area contributed by atoms with Gasteiger partial charge in [-0.2, -0.15) is 5.10 Å².